The third kappa shape index (κ3) is 4.96. The first-order valence-electron chi connectivity index (χ1n) is 5.01. The van der Waals surface area contributed by atoms with E-state index in [1.165, 1.54) is 6.20 Å². The molecular formula is C10H14N4OS. The van der Waals surface area contributed by atoms with Gasteiger partial charge in [0, 0.05) is 18.9 Å². The van der Waals surface area contributed by atoms with Crippen molar-refractivity contribution in [2.45, 2.75) is 6.42 Å². The zero-order valence-corrected chi connectivity index (χ0v) is 9.70. The fourth-order valence-corrected chi connectivity index (χ4v) is 1.78. The Morgan fingerprint density at radius 1 is 1.38 bits per heavy atom. The van der Waals surface area contributed by atoms with Gasteiger partial charge in [-0.05, 0) is 12.2 Å². The third-order valence-electron chi connectivity index (χ3n) is 1.77. The Kier molecular flexibility index (Phi) is 6.30. The third-order valence-corrected chi connectivity index (χ3v) is 2.84. The van der Waals surface area contributed by atoms with Crippen molar-refractivity contribution in [1.82, 2.24) is 9.97 Å². The first-order chi connectivity index (χ1) is 7.86. The Labute approximate surface area is 98.9 Å². The summed E-state index contributed by atoms with van der Waals surface area (Å²) in [5.41, 5.74) is 0.322. The van der Waals surface area contributed by atoms with Crippen LogP contribution in [0, 0.1) is 11.3 Å². The van der Waals surface area contributed by atoms with Gasteiger partial charge in [0.2, 0.25) is 0 Å². The average molecular weight is 238 g/mol. The van der Waals surface area contributed by atoms with E-state index in [0.717, 1.165) is 24.5 Å². The summed E-state index contributed by atoms with van der Waals surface area (Å²) in [6, 6.07) is 1.92. The molecule has 1 rings (SSSR count). The molecule has 0 amide bonds. The SMILES string of the molecule is N#Cc1cnc(NCCSCCCO)cn1. The van der Waals surface area contributed by atoms with Crippen molar-refractivity contribution in [1.29, 1.82) is 5.26 Å². The summed E-state index contributed by atoms with van der Waals surface area (Å²) < 4.78 is 0. The minimum atomic E-state index is 0.252. The molecule has 0 unspecified atom stereocenters. The summed E-state index contributed by atoms with van der Waals surface area (Å²) in [4.78, 5) is 7.94. The zero-order valence-electron chi connectivity index (χ0n) is 8.89. The molecule has 16 heavy (non-hydrogen) atoms. The average Bonchev–Trinajstić information content (AvgIpc) is 2.34. The number of hydrogen-bond acceptors (Lipinski definition) is 6. The highest BCUT2D eigenvalue weighted by Crippen LogP contribution is 2.03. The topological polar surface area (TPSA) is 81.8 Å². The molecule has 1 heterocycles. The van der Waals surface area contributed by atoms with Crippen LogP contribution in [0.15, 0.2) is 12.4 Å². The molecule has 0 saturated heterocycles. The lowest BCUT2D eigenvalue weighted by atomic mass is 10.5. The van der Waals surface area contributed by atoms with Gasteiger partial charge >= 0.3 is 0 Å². The van der Waals surface area contributed by atoms with Gasteiger partial charge in [-0.2, -0.15) is 17.0 Å². The molecule has 2 N–H and O–H groups in total. The van der Waals surface area contributed by atoms with Gasteiger partial charge in [0.1, 0.15) is 11.9 Å². The van der Waals surface area contributed by atoms with Crippen molar-refractivity contribution in [3.05, 3.63) is 18.1 Å². The van der Waals surface area contributed by atoms with Gasteiger partial charge in [-0.25, -0.2) is 9.97 Å². The highest BCUT2D eigenvalue weighted by Gasteiger charge is 1.95. The van der Waals surface area contributed by atoms with Crippen molar-refractivity contribution in [3.8, 4) is 6.07 Å². The van der Waals surface area contributed by atoms with Gasteiger partial charge in [0.25, 0.3) is 0 Å². The lowest BCUT2D eigenvalue weighted by Gasteiger charge is -2.04. The molecule has 0 aliphatic rings. The second-order valence-corrected chi connectivity index (χ2v) is 4.24. The van der Waals surface area contributed by atoms with E-state index in [9.17, 15) is 0 Å². The van der Waals surface area contributed by atoms with E-state index in [-0.39, 0.29) is 6.61 Å². The number of nitriles is 1. The molecule has 0 bridgehead atoms. The summed E-state index contributed by atoms with van der Waals surface area (Å²) in [6.07, 6.45) is 3.83. The lowest BCUT2D eigenvalue weighted by Crippen LogP contribution is -2.06. The maximum Gasteiger partial charge on any atom is 0.158 e. The fourth-order valence-electron chi connectivity index (χ4n) is 0.997. The predicted molar refractivity (Wildman–Crippen MR) is 64.3 cm³/mol. The van der Waals surface area contributed by atoms with Crippen LogP contribution in [0.3, 0.4) is 0 Å². The van der Waals surface area contributed by atoms with Gasteiger partial charge in [-0.15, -0.1) is 0 Å². The minimum Gasteiger partial charge on any atom is -0.396 e. The number of aromatic nitrogens is 2. The molecule has 0 fully saturated rings. The summed E-state index contributed by atoms with van der Waals surface area (Å²) in [7, 11) is 0. The molecule has 1 aromatic rings. The molecule has 0 spiro atoms. The number of anilines is 1. The summed E-state index contributed by atoms with van der Waals surface area (Å²) >= 11 is 1.78. The highest BCUT2D eigenvalue weighted by atomic mass is 32.2. The van der Waals surface area contributed by atoms with Crippen LogP contribution in [0.25, 0.3) is 0 Å². The molecule has 0 aliphatic heterocycles. The minimum absolute atomic E-state index is 0.252. The van der Waals surface area contributed by atoms with E-state index < -0.39 is 0 Å². The molecule has 5 nitrogen and oxygen atoms in total. The van der Waals surface area contributed by atoms with Crippen LogP contribution < -0.4 is 5.32 Å². The number of thioether (sulfide) groups is 1. The van der Waals surface area contributed by atoms with Crippen LogP contribution in [0.1, 0.15) is 12.1 Å². The standard InChI is InChI=1S/C10H14N4OS/c11-6-9-7-14-10(8-13-9)12-2-5-16-4-1-3-15/h7-8,15H,1-5H2,(H,12,14). The predicted octanol–water partition coefficient (Wildman–Crippen LogP) is 0.876. The van der Waals surface area contributed by atoms with Gasteiger partial charge < -0.3 is 10.4 Å². The Morgan fingerprint density at radius 3 is 2.88 bits per heavy atom. The van der Waals surface area contributed by atoms with Crippen molar-refractivity contribution in [2.24, 2.45) is 0 Å². The van der Waals surface area contributed by atoms with Crippen LogP contribution in [-0.2, 0) is 0 Å². The van der Waals surface area contributed by atoms with Crippen molar-refractivity contribution in [3.63, 3.8) is 0 Å². The van der Waals surface area contributed by atoms with Gasteiger partial charge in [-0.3, -0.25) is 0 Å². The normalized spacial score (nSPS) is 9.75. The van der Waals surface area contributed by atoms with Crippen LogP contribution >= 0.6 is 11.8 Å². The second-order valence-electron chi connectivity index (χ2n) is 3.01. The van der Waals surface area contributed by atoms with Crippen LogP contribution in [-0.4, -0.2) is 39.7 Å². The van der Waals surface area contributed by atoms with Gasteiger partial charge in [0.05, 0.1) is 12.4 Å². The molecule has 86 valence electrons. The smallest absolute Gasteiger partial charge is 0.158 e. The number of hydrogen-bond donors (Lipinski definition) is 2. The molecule has 6 heteroatoms. The van der Waals surface area contributed by atoms with E-state index in [4.69, 9.17) is 10.4 Å². The Morgan fingerprint density at radius 2 is 2.25 bits per heavy atom. The highest BCUT2D eigenvalue weighted by molar-refractivity contribution is 7.99. The lowest BCUT2D eigenvalue weighted by molar-refractivity contribution is 0.296. The van der Waals surface area contributed by atoms with Crippen LogP contribution in [0.2, 0.25) is 0 Å². The van der Waals surface area contributed by atoms with Gasteiger partial charge in [-0.1, -0.05) is 0 Å². The first kappa shape index (κ1) is 12.7. The van der Waals surface area contributed by atoms with E-state index in [0.29, 0.717) is 11.5 Å². The molecule has 0 atom stereocenters. The Balaban J connectivity index is 2.15. The number of aliphatic hydroxyl groups is 1. The fraction of sp³-hybridized carbons (Fsp3) is 0.500. The van der Waals surface area contributed by atoms with E-state index in [2.05, 4.69) is 15.3 Å². The molecular weight excluding hydrogens is 224 g/mol. The maximum atomic E-state index is 8.58. The van der Waals surface area contributed by atoms with E-state index in [1.807, 2.05) is 6.07 Å². The van der Waals surface area contributed by atoms with Gasteiger partial charge in [0.15, 0.2) is 5.69 Å². The Bertz CT molecular complexity index is 336. The number of nitrogens with one attached hydrogen (secondary N) is 1. The molecule has 1 aromatic heterocycles. The van der Waals surface area contributed by atoms with Crippen molar-refractivity contribution >= 4 is 17.6 Å². The van der Waals surface area contributed by atoms with E-state index in [1.54, 1.807) is 18.0 Å². The summed E-state index contributed by atoms with van der Waals surface area (Å²) in [6.45, 7) is 1.05. The summed E-state index contributed by atoms with van der Waals surface area (Å²) in [5, 5.41) is 20.2. The largest absolute Gasteiger partial charge is 0.396 e. The first-order valence-corrected chi connectivity index (χ1v) is 6.17. The zero-order chi connectivity index (χ0) is 11.6. The number of nitrogens with zero attached hydrogens (tertiary/aromatic N) is 3. The monoisotopic (exact) mass is 238 g/mol. The summed E-state index contributed by atoms with van der Waals surface area (Å²) in [5.74, 6) is 2.61. The van der Waals surface area contributed by atoms with Crippen LogP contribution in [0.5, 0.6) is 0 Å². The number of aliphatic hydroxyl groups excluding tert-OH is 1. The molecule has 0 saturated carbocycles. The van der Waals surface area contributed by atoms with E-state index >= 15 is 0 Å². The second kappa shape index (κ2) is 7.91. The quantitative estimate of drug-likeness (QED) is 0.686. The van der Waals surface area contributed by atoms with Crippen molar-refractivity contribution < 1.29 is 5.11 Å². The maximum absolute atomic E-state index is 8.58. The van der Waals surface area contributed by atoms with Crippen LogP contribution in [0.4, 0.5) is 5.82 Å². The molecule has 0 aromatic carbocycles. The van der Waals surface area contributed by atoms with Crippen molar-refractivity contribution in [2.75, 3.05) is 30.0 Å². The Hall–Kier alpha value is -1.32. The molecule has 0 radical (unpaired) electrons. The molecule has 0 aliphatic carbocycles. The number of rotatable bonds is 7.